The molecular formula is C16H11ClN2O2. The first-order valence-electron chi connectivity index (χ1n) is 6.28. The van der Waals surface area contributed by atoms with E-state index in [1.807, 2.05) is 30.3 Å². The summed E-state index contributed by atoms with van der Waals surface area (Å²) in [6, 6.07) is 13.7. The third kappa shape index (κ3) is 2.80. The van der Waals surface area contributed by atoms with Crippen LogP contribution >= 0.6 is 11.6 Å². The van der Waals surface area contributed by atoms with E-state index in [1.165, 1.54) is 18.2 Å². The quantitative estimate of drug-likeness (QED) is 0.755. The highest BCUT2D eigenvalue weighted by Gasteiger charge is 2.12. The summed E-state index contributed by atoms with van der Waals surface area (Å²) < 4.78 is 0. The topological polar surface area (TPSA) is 62.2 Å². The minimum Gasteiger partial charge on any atom is -0.508 e. The van der Waals surface area contributed by atoms with Gasteiger partial charge in [0.25, 0.3) is 5.91 Å². The SMILES string of the molecule is O=C(Nc1cnc2ccccc2c1)c1cc(O)ccc1Cl. The maximum atomic E-state index is 12.2. The number of fused-ring (bicyclic) bond motifs is 1. The average Bonchev–Trinajstić information content (AvgIpc) is 2.49. The van der Waals surface area contributed by atoms with Crippen molar-refractivity contribution in [3.63, 3.8) is 0 Å². The van der Waals surface area contributed by atoms with Crippen LogP contribution < -0.4 is 5.32 Å². The van der Waals surface area contributed by atoms with Crippen molar-refractivity contribution in [3.05, 3.63) is 65.3 Å². The van der Waals surface area contributed by atoms with E-state index in [-0.39, 0.29) is 16.3 Å². The lowest BCUT2D eigenvalue weighted by atomic mass is 10.2. The predicted molar refractivity (Wildman–Crippen MR) is 82.8 cm³/mol. The molecule has 0 aliphatic heterocycles. The van der Waals surface area contributed by atoms with Gasteiger partial charge in [-0.2, -0.15) is 0 Å². The van der Waals surface area contributed by atoms with Crippen LogP contribution in [0.1, 0.15) is 10.4 Å². The lowest BCUT2D eigenvalue weighted by Gasteiger charge is -2.08. The standard InChI is InChI=1S/C16H11ClN2O2/c17-14-6-5-12(20)8-13(14)16(21)19-11-7-10-3-1-2-4-15(10)18-9-11/h1-9,20H,(H,19,21). The van der Waals surface area contributed by atoms with Gasteiger partial charge < -0.3 is 10.4 Å². The number of carbonyl (C=O) groups is 1. The highest BCUT2D eigenvalue weighted by molar-refractivity contribution is 6.34. The van der Waals surface area contributed by atoms with Crippen molar-refractivity contribution in [1.29, 1.82) is 0 Å². The number of hydrogen-bond donors (Lipinski definition) is 2. The Morgan fingerprint density at radius 2 is 1.95 bits per heavy atom. The summed E-state index contributed by atoms with van der Waals surface area (Å²) in [5.41, 5.74) is 1.63. The molecule has 1 amide bonds. The number of phenols is 1. The Labute approximate surface area is 126 Å². The molecule has 0 saturated carbocycles. The number of nitrogens with zero attached hydrogens (tertiary/aromatic N) is 1. The third-order valence-corrected chi connectivity index (χ3v) is 3.37. The van der Waals surface area contributed by atoms with E-state index in [9.17, 15) is 9.90 Å². The number of halogens is 1. The molecule has 104 valence electrons. The highest BCUT2D eigenvalue weighted by Crippen LogP contribution is 2.23. The zero-order chi connectivity index (χ0) is 14.8. The number of rotatable bonds is 2. The monoisotopic (exact) mass is 298 g/mol. The molecule has 4 nitrogen and oxygen atoms in total. The number of aromatic nitrogens is 1. The molecule has 0 radical (unpaired) electrons. The largest absolute Gasteiger partial charge is 0.508 e. The van der Waals surface area contributed by atoms with Crippen LogP contribution in [0.25, 0.3) is 10.9 Å². The van der Waals surface area contributed by atoms with Gasteiger partial charge in [-0.25, -0.2) is 0 Å². The number of pyridine rings is 1. The fourth-order valence-corrected chi connectivity index (χ4v) is 2.23. The Balaban J connectivity index is 1.90. The zero-order valence-electron chi connectivity index (χ0n) is 10.9. The molecule has 0 saturated heterocycles. The van der Waals surface area contributed by atoms with Gasteiger partial charge in [-0.1, -0.05) is 29.8 Å². The summed E-state index contributed by atoms with van der Waals surface area (Å²) in [7, 11) is 0. The minimum absolute atomic E-state index is 0.0128. The smallest absolute Gasteiger partial charge is 0.257 e. The van der Waals surface area contributed by atoms with E-state index in [4.69, 9.17) is 11.6 Å². The summed E-state index contributed by atoms with van der Waals surface area (Å²) in [5.74, 6) is -0.408. The van der Waals surface area contributed by atoms with E-state index in [2.05, 4.69) is 10.3 Å². The Morgan fingerprint density at radius 3 is 2.81 bits per heavy atom. The first-order chi connectivity index (χ1) is 10.1. The molecule has 0 fully saturated rings. The first-order valence-corrected chi connectivity index (χ1v) is 6.66. The minimum atomic E-state index is -0.395. The van der Waals surface area contributed by atoms with Crippen LogP contribution in [0.4, 0.5) is 5.69 Å². The van der Waals surface area contributed by atoms with Crippen LogP contribution in [-0.2, 0) is 0 Å². The molecular weight excluding hydrogens is 288 g/mol. The lowest BCUT2D eigenvalue weighted by molar-refractivity contribution is 0.102. The van der Waals surface area contributed by atoms with Gasteiger partial charge in [0.2, 0.25) is 0 Å². The second-order valence-corrected chi connectivity index (χ2v) is 4.94. The number of aromatic hydroxyl groups is 1. The zero-order valence-corrected chi connectivity index (χ0v) is 11.6. The molecule has 0 atom stereocenters. The summed E-state index contributed by atoms with van der Waals surface area (Å²) in [5, 5.41) is 13.4. The van der Waals surface area contributed by atoms with Gasteiger partial charge in [-0.3, -0.25) is 9.78 Å². The normalized spacial score (nSPS) is 10.5. The van der Waals surface area contributed by atoms with Crippen molar-refractivity contribution in [2.24, 2.45) is 0 Å². The van der Waals surface area contributed by atoms with E-state index in [0.717, 1.165) is 10.9 Å². The second-order valence-electron chi connectivity index (χ2n) is 4.53. The number of benzene rings is 2. The Hall–Kier alpha value is -2.59. The molecule has 1 heterocycles. The molecule has 2 N–H and O–H groups in total. The number of anilines is 1. The van der Waals surface area contributed by atoms with Crippen molar-refractivity contribution < 1.29 is 9.90 Å². The third-order valence-electron chi connectivity index (χ3n) is 3.04. The fourth-order valence-electron chi connectivity index (χ4n) is 2.03. The summed E-state index contributed by atoms with van der Waals surface area (Å²) >= 11 is 5.96. The summed E-state index contributed by atoms with van der Waals surface area (Å²) in [6.45, 7) is 0. The number of hydrogen-bond acceptors (Lipinski definition) is 3. The van der Waals surface area contributed by atoms with Crippen molar-refractivity contribution in [1.82, 2.24) is 4.98 Å². The van der Waals surface area contributed by atoms with Gasteiger partial charge in [0, 0.05) is 5.39 Å². The van der Waals surface area contributed by atoms with E-state index >= 15 is 0 Å². The molecule has 2 aromatic carbocycles. The molecule has 21 heavy (non-hydrogen) atoms. The van der Waals surface area contributed by atoms with Gasteiger partial charge >= 0.3 is 0 Å². The number of amides is 1. The molecule has 5 heteroatoms. The molecule has 3 aromatic rings. The maximum absolute atomic E-state index is 12.2. The average molecular weight is 299 g/mol. The van der Waals surface area contributed by atoms with E-state index in [1.54, 1.807) is 6.20 Å². The summed E-state index contributed by atoms with van der Waals surface area (Å²) in [6.07, 6.45) is 1.58. The van der Waals surface area contributed by atoms with Gasteiger partial charge in [0.15, 0.2) is 0 Å². The lowest BCUT2D eigenvalue weighted by Crippen LogP contribution is -2.12. The van der Waals surface area contributed by atoms with Gasteiger partial charge in [-0.15, -0.1) is 0 Å². The molecule has 1 aromatic heterocycles. The highest BCUT2D eigenvalue weighted by atomic mass is 35.5. The van der Waals surface area contributed by atoms with E-state index < -0.39 is 5.91 Å². The number of para-hydroxylation sites is 1. The van der Waals surface area contributed by atoms with Gasteiger partial charge in [-0.05, 0) is 30.3 Å². The first kappa shape index (κ1) is 13.4. The number of phenolic OH excluding ortho intramolecular Hbond substituents is 1. The van der Waals surface area contributed by atoms with Gasteiger partial charge in [0.1, 0.15) is 5.75 Å². The van der Waals surface area contributed by atoms with Crippen molar-refractivity contribution in [3.8, 4) is 5.75 Å². The van der Waals surface area contributed by atoms with Crippen LogP contribution in [0.5, 0.6) is 5.75 Å². The molecule has 0 spiro atoms. The number of nitrogens with one attached hydrogen (secondary N) is 1. The van der Waals surface area contributed by atoms with Crippen LogP contribution in [0, 0.1) is 0 Å². The van der Waals surface area contributed by atoms with Crippen LogP contribution in [-0.4, -0.2) is 16.0 Å². The molecule has 0 unspecified atom stereocenters. The molecule has 0 aliphatic rings. The summed E-state index contributed by atoms with van der Waals surface area (Å²) in [4.78, 5) is 16.5. The van der Waals surface area contributed by atoms with Crippen molar-refractivity contribution in [2.45, 2.75) is 0 Å². The predicted octanol–water partition coefficient (Wildman–Crippen LogP) is 3.85. The van der Waals surface area contributed by atoms with Crippen molar-refractivity contribution >= 4 is 34.1 Å². The van der Waals surface area contributed by atoms with Gasteiger partial charge in [0.05, 0.1) is 28.0 Å². The van der Waals surface area contributed by atoms with E-state index in [0.29, 0.717) is 5.69 Å². The van der Waals surface area contributed by atoms with Crippen LogP contribution in [0.15, 0.2) is 54.7 Å². The van der Waals surface area contributed by atoms with Crippen molar-refractivity contribution in [2.75, 3.05) is 5.32 Å². The fraction of sp³-hybridized carbons (Fsp3) is 0. The van der Waals surface area contributed by atoms with Crippen LogP contribution in [0.2, 0.25) is 5.02 Å². The second kappa shape index (κ2) is 5.42. The molecule has 0 aliphatic carbocycles. The maximum Gasteiger partial charge on any atom is 0.257 e. The Kier molecular flexibility index (Phi) is 3.46. The number of carbonyl (C=O) groups excluding carboxylic acids is 1. The Morgan fingerprint density at radius 1 is 1.14 bits per heavy atom. The molecule has 3 rings (SSSR count). The van der Waals surface area contributed by atoms with Crippen LogP contribution in [0.3, 0.4) is 0 Å². The Bertz CT molecular complexity index is 833. The molecule has 0 bridgehead atoms.